The van der Waals surface area contributed by atoms with E-state index in [2.05, 4.69) is 15.3 Å². The molecule has 5 heteroatoms. The number of hydrogen-bond donors (Lipinski definition) is 1. The number of halogens is 1. The van der Waals surface area contributed by atoms with Crippen LogP contribution in [-0.4, -0.2) is 14.4 Å². The van der Waals surface area contributed by atoms with Crippen molar-refractivity contribution >= 4 is 11.3 Å². The van der Waals surface area contributed by atoms with Gasteiger partial charge in [-0.25, -0.2) is 9.37 Å². The van der Waals surface area contributed by atoms with Crippen molar-refractivity contribution in [2.24, 2.45) is 0 Å². The van der Waals surface area contributed by atoms with E-state index in [4.69, 9.17) is 0 Å². The van der Waals surface area contributed by atoms with Crippen molar-refractivity contribution in [3.8, 4) is 11.3 Å². The topological polar surface area (TPSA) is 42.2 Å². The normalized spacial score (nSPS) is 10.9. The number of rotatable bonds is 4. The Kier molecular flexibility index (Phi) is 3.67. The molecule has 0 atom stereocenters. The molecule has 0 aliphatic heterocycles. The average Bonchev–Trinajstić information content (AvgIpc) is 3.05. The molecule has 4 nitrogen and oxygen atoms in total. The smallest absolute Gasteiger partial charge is 0.150 e. The van der Waals surface area contributed by atoms with Crippen LogP contribution in [0.1, 0.15) is 5.56 Å². The van der Waals surface area contributed by atoms with Gasteiger partial charge in [0.2, 0.25) is 0 Å². The summed E-state index contributed by atoms with van der Waals surface area (Å²) in [7, 11) is 0. The fourth-order valence-corrected chi connectivity index (χ4v) is 2.75. The second-order valence-electron chi connectivity index (χ2n) is 5.47. The van der Waals surface area contributed by atoms with Gasteiger partial charge in [0.1, 0.15) is 5.82 Å². The third-order valence-corrected chi connectivity index (χ3v) is 3.88. The highest BCUT2D eigenvalue weighted by molar-refractivity contribution is 5.75. The lowest BCUT2D eigenvalue weighted by atomic mass is 10.1. The third-order valence-electron chi connectivity index (χ3n) is 3.88. The third kappa shape index (κ3) is 2.72. The van der Waals surface area contributed by atoms with Gasteiger partial charge < -0.3 is 9.72 Å². The second-order valence-corrected chi connectivity index (χ2v) is 5.47. The van der Waals surface area contributed by atoms with Crippen molar-refractivity contribution in [3.05, 3.63) is 84.7 Å². The van der Waals surface area contributed by atoms with E-state index < -0.39 is 0 Å². The molecule has 118 valence electrons. The van der Waals surface area contributed by atoms with Gasteiger partial charge >= 0.3 is 0 Å². The van der Waals surface area contributed by atoms with E-state index in [1.807, 2.05) is 47.1 Å². The summed E-state index contributed by atoms with van der Waals surface area (Å²) in [4.78, 5) is 8.53. The molecule has 0 radical (unpaired) electrons. The number of aromatic nitrogens is 3. The Morgan fingerprint density at radius 3 is 2.83 bits per heavy atom. The van der Waals surface area contributed by atoms with E-state index in [-0.39, 0.29) is 5.82 Å². The maximum atomic E-state index is 13.5. The summed E-state index contributed by atoms with van der Waals surface area (Å²) in [6, 6.07) is 14.5. The van der Waals surface area contributed by atoms with Crippen LogP contribution in [0.15, 0.2) is 73.3 Å². The Morgan fingerprint density at radius 1 is 1.04 bits per heavy atom. The number of hydrogen-bond acceptors (Lipinski definition) is 3. The minimum Gasteiger partial charge on any atom is -0.364 e. The van der Waals surface area contributed by atoms with Gasteiger partial charge in [-0.05, 0) is 35.9 Å². The van der Waals surface area contributed by atoms with Crippen molar-refractivity contribution in [2.75, 3.05) is 5.32 Å². The predicted molar refractivity (Wildman–Crippen MR) is 92.1 cm³/mol. The Morgan fingerprint density at radius 2 is 2.00 bits per heavy atom. The molecular weight excluding hydrogens is 303 g/mol. The van der Waals surface area contributed by atoms with E-state index in [1.54, 1.807) is 18.5 Å². The Hall–Kier alpha value is -3.21. The van der Waals surface area contributed by atoms with Crippen molar-refractivity contribution in [2.45, 2.75) is 6.54 Å². The van der Waals surface area contributed by atoms with Gasteiger partial charge in [-0.1, -0.05) is 18.2 Å². The molecule has 0 spiro atoms. The maximum Gasteiger partial charge on any atom is 0.150 e. The number of fused-ring (bicyclic) bond motifs is 1. The molecule has 24 heavy (non-hydrogen) atoms. The van der Waals surface area contributed by atoms with Gasteiger partial charge in [0, 0.05) is 36.9 Å². The van der Waals surface area contributed by atoms with E-state index in [0.29, 0.717) is 6.54 Å². The quantitative estimate of drug-likeness (QED) is 0.615. The van der Waals surface area contributed by atoms with Gasteiger partial charge in [0.25, 0.3) is 0 Å². The minimum atomic E-state index is -0.244. The Bertz CT molecular complexity index is 979. The van der Waals surface area contributed by atoms with Crippen molar-refractivity contribution < 1.29 is 4.39 Å². The summed E-state index contributed by atoms with van der Waals surface area (Å²) in [5.74, 6) is 0.537. The first-order valence-electron chi connectivity index (χ1n) is 7.66. The molecule has 0 saturated heterocycles. The highest BCUT2D eigenvalue weighted by atomic mass is 19.1. The zero-order valence-corrected chi connectivity index (χ0v) is 12.9. The zero-order valence-electron chi connectivity index (χ0n) is 12.9. The van der Waals surface area contributed by atoms with Crippen molar-refractivity contribution in [1.82, 2.24) is 14.4 Å². The molecular formula is C19H15FN4. The standard InChI is InChI=1S/C19H15FN4/c20-16-5-1-4-15(11-16)17-6-7-18-19(22-9-10-24(17)18)23-13-14-3-2-8-21-12-14/h1-12H,13H2,(H,22,23). The Balaban J connectivity index is 1.69. The number of pyridine rings is 1. The molecule has 3 aromatic heterocycles. The lowest BCUT2D eigenvalue weighted by Crippen LogP contribution is -2.03. The Labute approximate surface area is 138 Å². The van der Waals surface area contributed by atoms with Crippen LogP contribution in [0.5, 0.6) is 0 Å². The fraction of sp³-hybridized carbons (Fsp3) is 0.0526. The van der Waals surface area contributed by atoms with Crippen LogP contribution in [0.3, 0.4) is 0 Å². The summed E-state index contributed by atoms with van der Waals surface area (Å²) in [5, 5.41) is 3.33. The summed E-state index contributed by atoms with van der Waals surface area (Å²) in [5.41, 5.74) is 3.79. The molecule has 0 bridgehead atoms. The van der Waals surface area contributed by atoms with Gasteiger partial charge in [-0.15, -0.1) is 0 Å². The van der Waals surface area contributed by atoms with E-state index in [1.165, 1.54) is 12.1 Å². The van der Waals surface area contributed by atoms with Gasteiger partial charge in [0.05, 0.1) is 11.2 Å². The summed E-state index contributed by atoms with van der Waals surface area (Å²) >= 11 is 0. The molecule has 0 amide bonds. The predicted octanol–water partition coefficient (Wildman–Crippen LogP) is 4.15. The van der Waals surface area contributed by atoms with Crippen LogP contribution in [0.4, 0.5) is 10.2 Å². The van der Waals surface area contributed by atoms with Crippen molar-refractivity contribution in [1.29, 1.82) is 0 Å². The highest BCUT2D eigenvalue weighted by Gasteiger charge is 2.09. The number of nitrogens with one attached hydrogen (secondary N) is 1. The number of nitrogens with zero attached hydrogens (tertiary/aromatic N) is 3. The van der Waals surface area contributed by atoms with Crippen LogP contribution in [0.2, 0.25) is 0 Å². The van der Waals surface area contributed by atoms with Gasteiger partial charge in [-0.3, -0.25) is 4.98 Å². The molecule has 1 N–H and O–H groups in total. The van der Waals surface area contributed by atoms with Crippen LogP contribution in [0.25, 0.3) is 16.8 Å². The van der Waals surface area contributed by atoms with Gasteiger partial charge in [0.15, 0.2) is 5.82 Å². The van der Waals surface area contributed by atoms with Gasteiger partial charge in [-0.2, -0.15) is 0 Å². The molecule has 4 rings (SSSR count). The monoisotopic (exact) mass is 318 g/mol. The highest BCUT2D eigenvalue weighted by Crippen LogP contribution is 2.26. The zero-order chi connectivity index (χ0) is 16.4. The van der Waals surface area contributed by atoms with Crippen LogP contribution >= 0.6 is 0 Å². The van der Waals surface area contributed by atoms with Crippen LogP contribution < -0.4 is 5.32 Å². The fourth-order valence-electron chi connectivity index (χ4n) is 2.75. The summed E-state index contributed by atoms with van der Waals surface area (Å²) in [6.07, 6.45) is 7.19. The maximum absolute atomic E-state index is 13.5. The summed E-state index contributed by atoms with van der Waals surface area (Å²) in [6.45, 7) is 0.640. The van der Waals surface area contributed by atoms with E-state index in [0.717, 1.165) is 28.2 Å². The van der Waals surface area contributed by atoms with Crippen LogP contribution in [0, 0.1) is 5.82 Å². The first kappa shape index (κ1) is 14.4. The first-order valence-corrected chi connectivity index (χ1v) is 7.66. The van der Waals surface area contributed by atoms with Crippen LogP contribution in [-0.2, 0) is 6.54 Å². The molecule has 0 aliphatic carbocycles. The molecule has 3 heterocycles. The first-order chi connectivity index (χ1) is 11.8. The van der Waals surface area contributed by atoms with E-state index >= 15 is 0 Å². The molecule has 0 unspecified atom stereocenters. The molecule has 0 saturated carbocycles. The second kappa shape index (κ2) is 6.12. The number of anilines is 1. The molecule has 4 aromatic rings. The largest absolute Gasteiger partial charge is 0.364 e. The van der Waals surface area contributed by atoms with Crippen molar-refractivity contribution in [3.63, 3.8) is 0 Å². The molecule has 0 aliphatic rings. The molecule has 0 fully saturated rings. The lowest BCUT2D eigenvalue weighted by molar-refractivity contribution is 0.628. The summed E-state index contributed by atoms with van der Waals surface area (Å²) < 4.78 is 15.5. The SMILES string of the molecule is Fc1cccc(-c2ccc3c(NCc4cccnc4)nccn23)c1. The average molecular weight is 318 g/mol. The molecule has 1 aromatic carbocycles. The van der Waals surface area contributed by atoms with E-state index in [9.17, 15) is 4.39 Å². The minimum absolute atomic E-state index is 0.244. The lowest BCUT2D eigenvalue weighted by Gasteiger charge is -2.09. The number of benzene rings is 1.